The molecule has 0 aliphatic heterocycles. The van der Waals surface area contributed by atoms with Gasteiger partial charge in [0.2, 0.25) is 0 Å². The number of carbonyl (C=O) groups is 2. The largest absolute Gasteiger partial charge is 0.481 e. The summed E-state index contributed by atoms with van der Waals surface area (Å²) in [7, 11) is 0. The first-order valence-electron chi connectivity index (χ1n) is 11.3. The van der Waals surface area contributed by atoms with Crippen LogP contribution in [0.15, 0.2) is 11.6 Å². The van der Waals surface area contributed by atoms with Crippen molar-refractivity contribution in [3.63, 3.8) is 0 Å². The molecule has 0 aromatic rings. The van der Waals surface area contributed by atoms with Gasteiger partial charge in [0.1, 0.15) is 11.7 Å². The maximum atomic E-state index is 13.2. The molecule has 0 saturated heterocycles. The minimum Gasteiger partial charge on any atom is -0.481 e. The summed E-state index contributed by atoms with van der Waals surface area (Å²) in [6.45, 7) is 9.77. The predicted octanol–water partition coefficient (Wildman–Crippen LogP) is 4.73. The number of hydrogen-bond acceptors (Lipinski definition) is 3. The van der Waals surface area contributed by atoms with Crippen LogP contribution in [0.4, 0.5) is 0 Å². The van der Waals surface area contributed by atoms with Gasteiger partial charge in [-0.2, -0.15) is 0 Å². The van der Waals surface area contributed by atoms with Crippen molar-refractivity contribution in [2.24, 2.45) is 45.8 Å². The fourth-order valence-electron chi connectivity index (χ4n) is 8.13. The average molecular weight is 389 g/mol. The van der Waals surface area contributed by atoms with E-state index in [0.717, 1.165) is 44.0 Å². The third-order valence-electron chi connectivity index (χ3n) is 9.12. The number of aliphatic carboxylic acids is 1. The lowest BCUT2D eigenvalue weighted by atomic mass is 9.43. The highest BCUT2D eigenvalue weighted by Gasteiger charge is 2.84. The number of carboxylic acids is 1. The minimum absolute atomic E-state index is 0.131. The molecule has 4 heteroatoms. The summed E-state index contributed by atoms with van der Waals surface area (Å²) in [6.07, 6.45) is 9.09. The number of fused-ring (bicyclic) bond motifs is 2. The van der Waals surface area contributed by atoms with Crippen molar-refractivity contribution in [1.29, 1.82) is 0 Å². The molecule has 3 fully saturated rings. The normalized spacial score (nSPS) is 46.0. The van der Waals surface area contributed by atoms with Crippen LogP contribution in [0, 0.1) is 45.8 Å². The zero-order valence-corrected chi connectivity index (χ0v) is 17.9. The van der Waals surface area contributed by atoms with Gasteiger partial charge in [-0.15, -0.1) is 0 Å². The molecule has 0 heterocycles. The first kappa shape index (κ1) is 20.1. The van der Waals surface area contributed by atoms with Gasteiger partial charge < -0.3 is 14.6 Å². The Kier molecular flexibility index (Phi) is 4.80. The highest BCUT2D eigenvalue weighted by Crippen LogP contribution is 2.82. The van der Waals surface area contributed by atoms with E-state index in [1.54, 1.807) is 0 Å². The number of hydrogen-bond donors (Lipinski definition) is 1. The second kappa shape index (κ2) is 6.68. The van der Waals surface area contributed by atoms with E-state index in [0.29, 0.717) is 31.5 Å². The van der Waals surface area contributed by atoms with Crippen LogP contribution in [0.3, 0.4) is 0 Å². The Hall–Kier alpha value is -1.16. The lowest BCUT2D eigenvalue weighted by molar-refractivity contribution is -0.186. The summed E-state index contributed by atoms with van der Waals surface area (Å²) in [5.74, 6) is 0.698. The Morgan fingerprint density at radius 2 is 2.11 bits per heavy atom. The standard InChI is InChI=1S/C24H36O4/c1-5-6-9-28-14-23-12-18-16(4)7-8-19(18)22(13-25)11-17(23)10-20(15(2)3)24(22,23)21(26)27/h10,13,15-19H,5-9,11-12,14H2,1-4H3,(H,26,27)/t16?,17-,18?,19?,22-,23-,24+/m0/s1. The molecule has 3 unspecified atom stereocenters. The zero-order valence-electron chi connectivity index (χ0n) is 17.9. The van der Waals surface area contributed by atoms with Crippen molar-refractivity contribution in [3.05, 3.63) is 11.6 Å². The van der Waals surface area contributed by atoms with Crippen molar-refractivity contribution in [2.45, 2.75) is 66.2 Å². The molecular formula is C24H36O4. The molecule has 1 N–H and O–H groups in total. The van der Waals surface area contributed by atoms with Gasteiger partial charge in [0.15, 0.2) is 0 Å². The molecule has 0 radical (unpaired) electrons. The number of aldehydes is 1. The molecule has 156 valence electrons. The number of ether oxygens (including phenoxy) is 1. The molecule has 4 aliphatic rings. The maximum absolute atomic E-state index is 13.2. The molecule has 3 saturated carbocycles. The summed E-state index contributed by atoms with van der Waals surface area (Å²) in [5.41, 5.74) is -1.31. The molecule has 0 spiro atoms. The van der Waals surface area contributed by atoms with Crippen LogP contribution in [-0.2, 0) is 14.3 Å². The van der Waals surface area contributed by atoms with E-state index in [1.807, 2.05) is 0 Å². The monoisotopic (exact) mass is 388 g/mol. The first-order chi connectivity index (χ1) is 13.3. The molecule has 4 aliphatic carbocycles. The molecule has 4 nitrogen and oxygen atoms in total. The highest BCUT2D eigenvalue weighted by molar-refractivity contribution is 5.90. The quantitative estimate of drug-likeness (QED) is 0.371. The van der Waals surface area contributed by atoms with E-state index in [4.69, 9.17) is 4.74 Å². The Morgan fingerprint density at radius 1 is 1.36 bits per heavy atom. The van der Waals surface area contributed by atoms with Crippen LogP contribution in [0.1, 0.15) is 66.2 Å². The molecule has 0 aromatic heterocycles. The number of carboxylic acid groups (broad SMARTS) is 1. The Labute approximate surface area is 169 Å². The number of allylic oxidation sites excluding steroid dienone is 1. The fourth-order valence-corrected chi connectivity index (χ4v) is 8.13. The molecule has 0 aromatic carbocycles. The number of unbranched alkanes of at least 4 members (excludes halogenated alkanes) is 1. The first-order valence-corrected chi connectivity index (χ1v) is 11.3. The Morgan fingerprint density at radius 3 is 2.71 bits per heavy atom. The lowest BCUT2D eigenvalue weighted by Crippen LogP contribution is -2.63. The lowest BCUT2D eigenvalue weighted by Gasteiger charge is -2.58. The minimum atomic E-state index is -1.09. The summed E-state index contributed by atoms with van der Waals surface area (Å²) in [5, 5.41) is 10.8. The van der Waals surface area contributed by atoms with Crippen molar-refractivity contribution < 1.29 is 19.4 Å². The summed E-state index contributed by atoms with van der Waals surface area (Å²) < 4.78 is 6.18. The third-order valence-corrected chi connectivity index (χ3v) is 9.12. The molecular weight excluding hydrogens is 352 g/mol. The smallest absolute Gasteiger partial charge is 0.315 e. The molecule has 4 bridgehead atoms. The van der Waals surface area contributed by atoms with Crippen LogP contribution in [-0.4, -0.2) is 30.6 Å². The summed E-state index contributed by atoms with van der Waals surface area (Å²) in [4.78, 5) is 26.0. The Balaban J connectivity index is 1.88. The maximum Gasteiger partial charge on any atom is 0.315 e. The summed E-state index contributed by atoms with van der Waals surface area (Å²) in [6, 6.07) is 0. The van der Waals surface area contributed by atoms with Crippen molar-refractivity contribution in [2.75, 3.05) is 13.2 Å². The zero-order chi connectivity index (χ0) is 20.3. The van der Waals surface area contributed by atoms with Gasteiger partial charge in [0.25, 0.3) is 0 Å². The van der Waals surface area contributed by atoms with Gasteiger partial charge in [-0.3, -0.25) is 4.79 Å². The molecule has 0 amide bonds. The topological polar surface area (TPSA) is 63.6 Å². The Bertz CT molecular complexity index is 697. The van der Waals surface area contributed by atoms with E-state index >= 15 is 0 Å². The van der Waals surface area contributed by atoms with E-state index in [-0.39, 0.29) is 17.8 Å². The SMILES string of the molecule is CCCCOC[C@@]12CC3C(C)CCC3[C@@]3(C=O)C[C@@H]1C=C(C(C)C)[C@]23C(=O)O. The van der Waals surface area contributed by atoms with Crippen LogP contribution >= 0.6 is 0 Å². The van der Waals surface area contributed by atoms with Gasteiger partial charge in [0.05, 0.1) is 12.0 Å². The van der Waals surface area contributed by atoms with E-state index in [9.17, 15) is 14.7 Å². The van der Waals surface area contributed by atoms with Crippen LogP contribution in [0.25, 0.3) is 0 Å². The number of rotatable bonds is 8. The van der Waals surface area contributed by atoms with Crippen LogP contribution in [0.5, 0.6) is 0 Å². The van der Waals surface area contributed by atoms with Crippen LogP contribution < -0.4 is 0 Å². The summed E-state index contributed by atoms with van der Waals surface area (Å²) >= 11 is 0. The molecule has 4 rings (SSSR count). The van der Waals surface area contributed by atoms with Gasteiger partial charge in [-0.25, -0.2) is 0 Å². The van der Waals surface area contributed by atoms with Gasteiger partial charge in [-0.05, 0) is 55.3 Å². The second-order valence-corrected chi connectivity index (χ2v) is 10.4. The fraction of sp³-hybridized carbons (Fsp3) is 0.833. The highest BCUT2D eigenvalue weighted by atomic mass is 16.5. The molecule has 28 heavy (non-hydrogen) atoms. The average Bonchev–Trinajstić information content (AvgIpc) is 3.22. The van der Waals surface area contributed by atoms with E-state index < -0.39 is 22.2 Å². The van der Waals surface area contributed by atoms with Crippen molar-refractivity contribution >= 4 is 12.3 Å². The second-order valence-electron chi connectivity index (χ2n) is 10.4. The number of carbonyl (C=O) groups excluding carboxylic acids is 1. The van der Waals surface area contributed by atoms with Crippen molar-refractivity contribution in [3.8, 4) is 0 Å². The third kappa shape index (κ3) is 2.11. The van der Waals surface area contributed by atoms with Crippen molar-refractivity contribution in [1.82, 2.24) is 0 Å². The van der Waals surface area contributed by atoms with E-state index in [1.165, 1.54) is 0 Å². The van der Waals surface area contributed by atoms with Gasteiger partial charge in [0, 0.05) is 12.0 Å². The van der Waals surface area contributed by atoms with Crippen LogP contribution in [0.2, 0.25) is 0 Å². The predicted molar refractivity (Wildman–Crippen MR) is 108 cm³/mol. The van der Waals surface area contributed by atoms with Gasteiger partial charge in [-0.1, -0.05) is 52.2 Å². The molecule has 7 atom stereocenters. The van der Waals surface area contributed by atoms with E-state index in [2.05, 4.69) is 33.8 Å². The van der Waals surface area contributed by atoms with Gasteiger partial charge >= 0.3 is 5.97 Å².